The van der Waals surface area contributed by atoms with E-state index in [9.17, 15) is 9.59 Å². The van der Waals surface area contributed by atoms with Gasteiger partial charge in [-0.1, -0.05) is 60.1 Å². The van der Waals surface area contributed by atoms with Gasteiger partial charge in [-0.3, -0.25) is 9.59 Å². The Bertz CT molecular complexity index is 1070. The second-order valence-corrected chi connectivity index (χ2v) is 7.88. The quantitative estimate of drug-likeness (QED) is 0.535. The van der Waals surface area contributed by atoms with Crippen LogP contribution in [0.3, 0.4) is 0 Å². The number of nitrogens with zero attached hydrogens (tertiary/aromatic N) is 1. The number of hydrogen-bond acceptors (Lipinski definition) is 3. The van der Waals surface area contributed by atoms with Gasteiger partial charge in [0, 0.05) is 29.9 Å². The molecule has 3 rings (SSSR count). The molecular weight excluding hydrogens is 430 g/mol. The van der Waals surface area contributed by atoms with Gasteiger partial charge in [0.2, 0.25) is 5.91 Å². The largest absolute Gasteiger partial charge is 0.337 e. The van der Waals surface area contributed by atoms with E-state index in [-0.39, 0.29) is 23.3 Å². The number of anilines is 1. The summed E-state index contributed by atoms with van der Waals surface area (Å²) in [6, 6.07) is 23.8. The first kappa shape index (κ1) is 22.5. The summed E-state index contributed by atoms with van der Waals surface area (Å²) < 4.78 is 0. The molecule has 0 aliphatic heterocycles. The van der Waals surface area contributed by atoms with E-state index in [0.29, 0.717) is 22.8 Å². The lowest BCUT2D eigenvalue weighted by Crippen LogP contribution is -2.35. The summed E-state index contributed by atoms with van der Waals surface area (Å²) in [4.78, 5) is 26.6. The fraction of sp³-hybridized carbons (Fsp3) is 0.125. The summed E-state index contributed by atoms with van der Waals surface area (Å²) in [5, 5.41) is 6.39. The van der Waals surface area contributed by atoms with Crippen molar-refractivity contribution >= 4 is 46.4 Å². The number of thiocarbonyl (C=S) groups is 1. The molecule has 7 heteroatoms. The van der Waals surface area contributed by atoms with Crippen LogP contribution in [-0.4, -0.2) is 28.9 Å². The van der Waals surface area contributed by atoms with Gasteiger partial charge in [0.25, 0.3) is 5.91 Å². The average molecular weight is 452 g/mol. The molecule has 0 atom stereocenters. The first-order chi connectivity index (χ1) is 14.9. The minimum atomic E-state index is -0.241. The number of hydrogen-bond donors (Lipinski definition) is 2. The monoisotopic (exact) mass is 451 g/mol. The van der Waals surface area contributed by atoms with Crippen LogP contribution in [0.15, 0.2) is 78.9 Å². The minimum absolute atomic E-state index is 0.106. The highest BCUT2D eigenvalue weighted by Crippen LogP contribution is 2.14. The van der Waals surface area contributed by atoms with Gasteiger partial charge in [0.15, 0.2) is 5.11 Å². The third kappa shape index (κ3) is 6.91. The molecule has 0 aliphatic rings. The Morgan fingerprint density at radius 2 is 1.65 bits per heavy atom. The molecule has 0 spiro atoms. The van der Waals surface area contributed by atoms with E-state index in [2.05, 4.69) is 10.6 Å². The molecule has 158 valence electrons. The van der Waals surface area contributed by atoms with Crippen LogP contribution in [0.25, 0.3) is 0 Å². The van der Waals surface area contributed by atoms with E-state index in [1.54, 1.807) is 60.5 Å². The Hall–Kier alpha value is -3.22. The van der Waals surface area contributed by atoms with Crippen LogP contribution in [0, 0.1) is 0 Å². The van der Waals surface area contributed by atoms with Crippen LogP contribution < -0.4 is 10.6 Å². The summed E-state index contributed by atoms with van der Waals surface area (Å²) in [7, 11) is 1.76. The fourth-order valence-electron chi connectivity index (χ4n) is 3.00. The van der Waals surface area contributed by atoms with Crippen molar-refractivity contribution in [3.05, 3.63) is 101 Å². The maximum Gasteiger partial charge on any atom is 0.253 e. The zero-order valence-electron chi connectivity index (χ0n) is 17.0. The lowest BCUT2D eigenvalue weighted by atomic mass is 10.1. The summed E-state index contributed by atoms with van der Waals surface area (Å²) in [5.74, 6) is -0.347. The standard InChI is InChI=1S/C24H22ClN3O2S/c1-28(16-18-6-3-2-4-7-18)23(30)19-8-5-9-21(15-19)26-24(31)27-22(29)14-17-10-12-20(25)13-11-17/h2-13,15H,14,16H2,1H3,(H2,26,27,29,31). The first-order valence-corrected chi connectivity index (χ1v) is 10.4. The van der Waals surface area contributed by atoms with Crippen molar-refractivity contribution in [1.82, 2.24) is 10.2 Å². The van der Waals surface area contributed by atoms with E-state index >= 15 is 0 Å². The molecule has 0 fully saturated rings. The zero-order valence-corrected chi connectivity index (χ0v) is 18.5. The van der Waals surface area contributed by atoms with Crippen LogP contribution in [0.2, 0.25) is 5.02 Å². The second-order valence-electron chi connectivity index (χ2n) is 7.03. The maximum absolute atomic E-state index is 12.8. The predicted molar refractivity (Wildman–Crippen MR) is 128 cm³/mol. The van der Waals surface area contributed by atoms with Crippen molar-refractivity contribution in [3.63, 3.8) is 0 Å². The van der Waals surface area contributed by atoms with Crippen LogP contribution in [-0.2, 0) is 17.8 Å². The molecule has 0 bridgehead atoms. The Morgan fingerprint density at radius 3 is 2.35 bits per heavy atom. The molecule has 3 aromatic carbocycles. The fourth-order valence-corrected chi connectivity index (χ4v) is 3.36. The molecule has 31 heavy (non-hydrogen) atoms. The molecule has 0 aliphatic carbocycles. The van der Waals surface area contributed by atoms with Gasteiger partial charge in [-0.05, 0) is 53.7 Å². The van der Waals surface area contributed by atoms with Crippen molar-refractivity contribution in [1.29, 1.82) is 0 Å². The SMILES string of the molecule is CN(Cc1ccccc1)C(=O)c1cccc(NC(=S)NC(=O)Cc2ccc(Cl)cc2)c1. The summed E-state index contributed by atoms with van der Waals surface area (Å²) in [5.41, 5.74) is 3.03. The second kappa shape index (κ2) is 10.7. The number of amides is 2. The third-order valence-corrected chi connectivity index (χ3v) is 4.96. The maximum atomic E-state index is 12.8. The van der Waals surface area contributed by atoms with Gasteiger partial charge in [-0.15, -0.1) is 0 Å². The normalized spacial score (nSPS) is 10.3. The third-order valence-electron chi connectivity index (χ3n) is 4.51. The van der Waals surface area contributed by atoms with Gasteiger partial charge in [0.1, 0.15) is 0 Å². The van der Waals surface area contributed by atoms with Gasteiger partial charge in [-0.2, -0.15) is 0 Å². The molecule has 0 aromatic heterocycles. The van der Waals surface area contributed by atoms with Gasteiger partial charge in [0.05, 0.1) is 6.42 Å². The summed E-state index contributed by atoms with van der Waals surface area (Å²) >= 11 is 11.1. The Kier molecular flexibility index (Phi) is 7.76. The smallest absolute Gasteiger partial charge is 0.253 e. The van der Waals surface area contributed by atoms with Crippen LogP contribution in [0.4, 0.5) is 5.69 Å². The number of rotatable bonds is 6. The lowest BCUT2D eigenvalue weighted by molar-refractivity contribution is -0.119. The van der Waals surface area contributed by atoms with Crippen molar-refractivity contribution in [2.75, 3.05) is 12.4 Å². The van der Waals surface area contributed by atoms with E-state index in [1.807, 2.05) is 30.3 Å². The topological polar surface area (TPSA) is 61.4 Å². The molecule has 0 heterocycles. The molecule has 0 radical (unpaired) electrons. The van der Waals surface area contributed by atoms with Gasteiger partial charge < -0.3 is 15.5 Å². The van der Waals surface area contributed by atoms with Crippen molar-refractivity contribution in [2.45, 2.75) is 13.0 Å². The Morgan fingerprint density at radius 1 is 0.935 bits per heavy atom. The summed E-state index contributed by atoms with van der Waals surface area (Å²) in [6.07, 6.45) is 0.182. The highest BCUT2D eigenvalue weighted by Gasteiger charge is 2.13. The van der Waals surface area contributed by atoms with E-state index < -0.39 is 0 Å². The Labute approximate surface area is 192 Å². The van der Waals surface area contributed by atoms with Crippen molar-refractivity contribution < 1.29 is 9.59 Å². The van der Waals surface area contributed by atoms with Gasteiger partial charge >= 0.3 is 0 Å². The minimum Gasteiger partial charge on any atom is -0.337 e. The molecule has 0 unspecified atom stereocenters. The molecule has 0 saturated heterocycles. The number of benzene rings is 3. The highest BCUT2D eigenvalue weighted by atomic mass is 35.5. The van der Waals surface area contributed by atoms with E-state index in [4.69, 9.17) is 23.8 Å². The Balaban J connectivity index is 1.56. The lowest BCUT2D eigenvalue weighted by Gasteiger charge is -2.18. The molecule has 3 aromatic rings. The molecular formula is C24H22ClN3O2S. The van der Waals surface area contributed by atoms with E-state index in [0.717, 1.165) is 11.1 Å². The molecule has 2 amide bonds. The number of nitrogens with one attached hydrogen (secondary N) is 2. The number of halogens is 1. The number of carbonyl (C=O) groups is 2. The number of carbonyl (C=O) groups excluding carboxylic acids is 2. The van der Waals surface area contributed by atoms with Gasteiger partial charge in [-0.25, -0.2) is 0 Å². The summed E-state index contributed by atoms with van der Waals surface area (Å²) in [6.45, 7) is 0.510. The highest BCUT2D eigenvalue weighted by molar-refractivity contribution is 7.80. The average Bonchev–Trinajstić information content (AvgIpc) is 2.75. The molecule has 0 saturated carbocycles. The van der Waals surface area contributed by atoms with Crippen molar-refractivity contribution in [3.8, 4) is 0 Å². The molecule has 5 nitrogen and oxygen atoms in total. The van der Waals surface area contributed by atoms with Crippen LogP contribution in [0.5, 0.6) is 0 Å². The van der Waals surface area contributed by atoms with Crippen LogP contribution in [0.1, 0.15) is 21.5 Å². The van der Waals surface area contributed by atoms with E-state index in [1.165, 1.54) is 0 Å². The van der Waals surface area contributed by atoms with Crippen molar-refractivity contribution in [2.24, 2.45) is 0 Å². The first-order valence-electron chi connectivity index (χ1n) is 9.65. The predicted octanol–water partition coefficient (Wildman–Crippen LogP) is 4.67. The molecule has 2 N–H and O–H groups in total. The zero-order chi connectivity index (χ0) is 22.2. The van der Waals surface area contributed by atoms with Crippen LogP contribution >= 0.6 is 23.8 Å².